The number of hydrogen-bond acceptors (Lipinski definition) is 13. The molecule has 1 saturated heterocycles. The number of carbonyl (C=O) groups excluding carboxylic acids is 4. The normalized spacial score (nSPS) is 27.8. The van der Waals surface area contributed by atoms with Gasteiger partial charge in [0.2, 0.25) is 12.4 Å². The maximum Gasteiger partial charge on any atom is 0.339 e. The minimum absolute atomic E-state index is 0.0000255. The van der Waals surface area contributed by atoms with Crippen molar-refractivity contribution in [1.29, 1.82) is 0 Å². The van der Waals surface area contributed by atoms with E-state index in [-0.39, 0.29) is 16.4 Å². The number of sulfone groups is 1. The Morgan fingerprint density at radius 1 is 0.896 bits per heavy atom. The van der Waals surface area contributed by atoms with Crippen molar-refractivity contribution in [2.75, 3.05) is 12.9 Å². The zero-order valence-corrected chi connectivity index (χ0v) is 28.7. The summed E-state index contributed by atoms with van der Waals surface area (Å²) in [6.07, 6.45) is -5.03. The molecule has 2 aliphatic heterocycles. The molecule has 0 radical (unpaired) electrons. The number of hydrogen-bond donors (Lipinski definition) is 1. The summed E-state index contributed by atoms with van der Waals surface area (Å²) in [5.74, 6) is -3.64. The summed E-state index contributed by atoms with van der Waals surface area (Å²) >= 11 is 0. The fourth-order valence-corrected chi connectivity index (χ4v) is 8.38. The van der Waals surface area contributed by atoms with Crippen LogP contribution in [0.4, 0.5) is 0 Å². The van der Waals surface area contributed by atoms with E-state index >= 15 is 0 Å². The zero-order valence-electron chi connectivity index (χ0n) is 27.9. The molecule has 0 spiro atoms. The summed E-state index contributed by atoms with van der Waals surface area (Å²) in [7, 11) is -2.83. The molecule has 2 heterocycles. The highest BCUT2D eigenvalue weighted by Gasteiger charge is 2.56. The molecule has 2 aromatic carbocycles. The Hall–Kier alpha value is -4.01. The smallest absolute Gasteiger partial charge is 0.339 e. The van der Waals surface area contributed by atoms with Crippen molar-refractivity contribution in [2.45, 2.75) is 107 Å². The first-order chi connectivity index (χ1) is 22.7. The van der Waals surface area contributed by atoms with Gasteiger partial charge in [-0.25, -0.2) is 13.2 Å². The predicted octanol–water partition coefficient (Wildman–Crippen LogP) is 3.56. The summed E-state index contributed by atoms with van der Waals surface area (Å²) < 4.78 is 61.4. The van der Waals surface area contributed by atoms with Gasteiger partial charge in [0.15, 0.2) is 28.1 Å². The third-order valence-corrected chi connectivity index (χ3v) is 10.4. The van der Waals surface area contributed by atoms with Crippen molar-refractivity contribution in [3.8, 4) is 5.75 Å². The Labute approximate surface area is 280 Å². The number of unbranched alkanes of at least 4 members (excludes halogenated alkanes) is 1. The van der Waals surface area contributed by atoms with Crippen molar-refractivity contribution >= 4 is 33.7 Å². The Kier molecular flexibility index (Phi) is 11.9. The van der Waals surface area contributed by atoms with E-state index in [0.29, 0.717) is 18.4 Å². The van der Waals surface area contributed by atoms with Crippen molar-refractivity contribution in [2.24, 2.45) is 0 Å². The van der Waals surface area contributed by atoms with E-state index in [2.05, 4.69) is 12.2 Å². The van der Waals surface area contributed by atoms with Crippen LogP contribution in [0.1, 0.15) is 77.5 Å². The van der Waals surface area contributed by atoms with Crippen LogP contribution >= 0.6 is 0 Å². The number of rotatable bonds is 11. The molecule has 7 atom stereocenters. The number of fused-ring (bicyclic) bond motifs is 1. The summed E-state index contributed by atoms with van der Waals surface area (Å²) in [6.45, 7) is 7.29. The maximum atomic E-state index is 14.2. The Morgan fingerprint density at radius 2 is 1.52 bits per heavy atom. The van der Waals surface area contributed by atoms with Crippen LogP contribution in [0.2, 0.25) is 0 Å². The van der Waals surface area contributed by atoms with E-state index in [4.69, 9.17) is 28.4 Å². The minimum Gasteiger partial charge on any atom is -0.467 e. The van der Waals surface area contributed by atoms with Crippen LogP contribution in [0.15, 0.2) is 53.4 Å². The Bertz CT molecular complexity index is 1600. The largest absolute Gasteiger partial charge is 0.467 e. The van der Waals surface area contributed by atoms with Gasteiger partial charge in [-0.2, -0.15) is 0 Å². The highest BCUT2D eigenvalue weighted by atomic mass is 32.2. The lowest BCUT2D eigenvalue weighted by Gasteiger charge is -2.43. The molecular weight excluding hydrogens is 646 g/mol. The molecule has 4 rings (SSSR count). The molecule has 6 unspecified atom stereocenters. The molecule has 262 valence electrons. The number of nitrogens with one attached hydrogen (secondary N) is 1. The van der Waals surface area contributed by atoms with Crippen molar-refractivity contribution < 1.29 is 56.0 Å². The molecule has 0 bridgehead atoms. The average Bonchev–Trinajstić information content (AvgIpc) is 3.13. The van der Waals surface area contributed by atoms with Gasteiger partial charge < -0.3 is 28.4 Å². The average molecular weight is 690 g/mol. The molecule has 48 heavy (non-hydrogen) atoms. The van der Waals surface area contributed by atoms with Gasteiger partial charge in [0.1, 0.15) is 5.75 Å². The van der Waals surface area contributed by atoms with Gasteiger partial charge in [-0.1, -0.05) is 63.1 Å². The van der Waals surface area contributed by atoms with Gasteiger partial charge in [-0.05, 0) is 36.1 Å². The van der Waals surface area contributed by atoms with Crippen LogP contribution in [-0.4, -0.2) is 81.4 Å². The highest BCUT2D eigenvalue weighted by Crippen LogP contribution is 2.40. The van der Waals surface area contributed by atoms with E-state index < -0.39 is 76.0 Å². The Balaban J connectivity index is 1.82. The number of methoxy groups -OCH3 is 1. The SMILES string of the molecule is CCCCC1(CC)CS(=O)(=O)c2cc(OC3O[C@H](C(=O)OC)C(OC(C)=O)C(OC(C)=O)C3OC(C)=O)ccc2C(c2ccccc2)N1. The van der Waals surface area contributed by atoms with E-state index in [1.807, 2.05) is 37.3 Å². The van der Waals surface area contributed by atoms with Crippen LogP contribution in [0.3, 0.4) is 0 Å². The standard InChI is InChI=1S/C34H43NO12S/c1-7-9-17-34(8-2)19-48(40,41)26-18-24(15-16-25(26)27(35-34)23-13-11-10-12-14-23)46-33-31(45-22(5)38)29(44-21(4)37)28(43-20(3)36)30(47-33)32(39)42-6/h10-16,18,27-31,33,35H,7-9,17,19H2,1-6H3/t27?,28?,29?,30-,31?,33?,34?/m0/s1. The molecule has 0 aliphatic carbocycles. The lowest BCUT2D eigenvalue weighted by Crippen LogP contribution is -2.64. The second kappa shape index (κ2) is 15.5. The van der Waals surface area contributed by atoms with E-state index in [9.17, 15) is 27.6 Å². The van der Waals surface area contributed by atoms with Gasteiger partial charge in [0, 0.05) is 26.3 Å². The molecular formula is C34H43NO12S. The van der Waals surface area contributed by atoms with Gasteiger partial charge >= 0.3 is 23.9 Å². The van der Waals surface area contributed by atoms with Crippen LogP contribution < -0.4 is 10.1 Å². The fourth-order valence-electron chi connectivity index (χ4n) is 6.22. The lowest BCUT2D eigenvalue weighted by molar-refractivity contribution is -0.282. The van der Waals surface area contributed by atoms with E-state index in [1.54, 1.807) is 6.07 Å². The van der Waals surface area contributed by atoms with Crippen molar-refractivity contribution in [3.63, 3.8) is 0 Å². The first kappa shape index (κ1) is 36.8. The highest BCUT2D eigenvalue weighted by molar-refractivity contribution is 7.91. The molecule has 2 aliphatic rings. The molecule has 0 saturated carbocycles. The molecule has 0 amide bonds. The lowest BCUT2D eigenvalue weighted by atomic mass is 9.88. The summed E-state index contributed by atoms with van der Waals surface area (Å²) in [6, 6.07) is 13.6. The molecule has 1 N–H and O–H groups in total. The van der Waals surface area contributed by atoms with Gasteiger partial charge in [0.25, 0.3) is 0 Å². The number of ether oxygens (including phenoxy) is 6. The van der Waals surface area contributed by atoms with Crippen LogP contribution in [0.5, 0.6) is 5.75 Å². The molecule has 2 aromatic rings. The number of carbonyl (C=O) groups is 4. The first-order valence-corrected chi connectivity index (χ1v) is 17.5. The summed E-state index contributed by atoms with van der Waals surface area (Å²) in [5.41, 5.74) is 0.687. The fraction of sp³-hybridized carbons (Fsp3) is 0.529. The predicted molar refractivity (Wildman–Crippen MR) is 170 cm³/mol. The van der Waals surface area contributed by atoms with Crippen molar-refractivity contribution in [3.05, 3.63) is 59.7 Å². The van der Waals surface area contributed by atoms with Crippen molar-refractivity contribution in [1.82, 2.24) is 5.32 Å². The number of esters is 4. The van der Waals surface area contributed by atoms with E-state index in [1.165, 1.54) is 12.1 Å². The molecule has 13 nitrogen and oxygen atoms in total. The van der Waals surface area contributed by atoms with E-state index in [0.717, 1.165) is 46.3 Å². The minimum atomic E-state index is -3.91. The van der Waals surface area contributed by atoms with Crippen LogP contribution in [0.25, 0.3) is 0 Å². The number of benzene rings is 2. The molecule has 1 fully saturated rings. The second-order valence-electron chi connectivity index (χ2n) is 12.0. The van der Waals surface area contributed by atoms with Crippen LogP contribution in [-0.2, 0) is 52.7 Å². The monoisotopic (exact) mass is 689 g/mol. The quantitative estimate of drug-likeness (QED) is 0.269. The summed E-state index contributed by atoms with van der Waals surface area (Å²) in [4.78, 5) is 49.3. The zero-order chi connectivity index (χ0) is 35.2. The maximum absolute atomic E-state index is 14.2. The van der Waals surface area contributed by atoms with Gasteiger partial charge in [0.05, 0.1) is 23.8 Å². The van der Waals surface area contributed by atoms with Gasteiger partial charge in [-0.15, -0.1) is 0 Å². The topological polar surface area (TPSA) is 170 Å². The summed E-state index contributed by atoms with van der Waals surface area (Å²) in [5, 5.41) is 3.70. The first-order valence-electron chi connectivity index (χ1n) is 15.8. The molecule has 0 aromatic heterocycles. The Morgan fingerprint density at radius 3 is 2.10 bits per heavy atom. The third kappa shape index (κ3) is 8.34. The molecule has 14 heteroatoms. The second-order valence-corrected chi connectivity index (χ2v) is 13.9. The van der Waals surface area contributed by atoms with Crippen LogP contribution in [0, 0.1) is 0 Å². The third-order valence-electron chi connectivity index (χ3n) is 8.45. The van der Waals surface area contributed by atoms with Gasteiger partial charge in [-0.3, -0.25) is 19.7 Å².